The third-order valence-electron chi connectivity index (χ3n) is 3.84. The van der Waals surface area contributed by atoms with Gasteiger partial charge in [0, 0.05) is 17.5 Å². The molecule has 0 bridgehead atoms. The van der Waals surface area contributed by atoms with Gasteiger partial charge in [-0.15, -0.1) is 11.3 Å². The summed E-state index contributed by atoms with van der Waals surface area (Å²) in [5.41, 5.74) is 3.64. The van der Waals surface area contributed by atoms with Crippen LogP contribution in [0.4, 0.5) is 5.82 Å². The van der Waals surface area contributed by atoms with Crippen molar-refractivity contribution in [1.29, 1.82) is 0 Å². The van der Waals surface area contributed by atoms with Gasteiger partial charge in [0.25, 0.3) is 0 Å². The van der Waals surface area contributed by atoms with E-state index in [1.165, 1.54) is 11.1 Å². The molecule has 2 aromatic heterocycles. The van der Waals surface area contributed by atoms with E-state index in [1.54, 1.807) is 11.3 Å². The lowest BCUT2D eigenvalue weighted by atomic mass is 9.99. The second-order valence-corrected chi connectivity index (χ2v) is 6.73. The number of anilines is 1. The van der Waals surface area contributed by atoms with E-state index in [-0.39, 0.29) is 6.61 Å². The van der Waals surface area contributed by atoms with Gasteiger partial charge in [-0.3, -0.25) is 0 Å². The summed E-state index contributed by atoms with van der Waals surface area (Å²) in [5.74, 6) is 2.06. The molecule has 5 heteroatoms. The van der Waals surface area contributed by atoms with Crippen molar-refractivity contribution < 1.29 is 5.11 Å². The fourth-order valence-corrected chi connectivity index (χ4v) is 3.60. The lowest BCUT2D eigenvalue weighted by Crippen LogP contribution is -2.08. The normalized spacial score (nSPS) is 11.3. The van der Waals surface area contributed by atoms with Crippen molar-refractivity contribution >= 4 is 27.4 Å². The Bertz CT molecular complexity index is 809. The van der Waals surface area contributed by atoms with Gasteiger partial charge in [0.05, 0.1) is 12.0 Å². The molecule has 3 aromatic rings. The second-order valence-electron chi connectivity index (χ2n) is 5.88. The molecule has 0 aliphatic rings. The molecule has 1 aromatic carbocycles. The van der Waals surface area contributed by atoms with Crippen LogP contribution in [0.15, 0.2) is 29.6 Å². The Morgan fingerprint density at radius 3 is 2.57 bits per heavy atom. The van der Waals surface area contributed by atoms with Gasteiger partial charge >= 0.3 is 0 Å². The Morgan fingerprint density at radius 1 is 1.17 bits per heavy atom. The molecule has 3 rings (SSSR count). The number of hydrogen-bond donors (Lipinski definition) is 2. The maximum Gasteiger partial charge on any atom is 0.139 e. The van der Waals surface area contributed by atoms with E-state index >= 15 is 0 Å². The maximum atomic E-state index is 9.09. The van der Waals surface area contributed by atoms with E-state index in [4.69, 9.17) is 5.11 Å². The van der Waals surface area contributed by atoms with Crippen LogP contribution < -0.4 is 5.32 Å². The minimum absolute atomic E-state index is 0.0765. The van der Waals surface area contributed by atoms with E-state index in [0.29, 0.717) is 12.5 Å². The van der Waals surface area contributed by atoms with Crippen molar-refractivity contribution in [3.05, 3.63) is 41.0 Å². The third kappa shape index (κ3) is 3.21. The molecule has 2 N–H and O–H groups in total. The van der Waals surface area contributed by atoms with Crippen LogP contribution in [0.3, 0.4) is 0 Å². The van der Waals surface area contributed by atoms with Crippen molar-refractivity contribution in [2.75, 3.05) is 18.5 Å². The van der Waals surface area contributed by atoms with Gasteiger partial charge in [-0.05, 0) is 24.0 Å². The zero-order chi connectivity index (χ0) is 16.4. The average Bonchev–Trinajstić information content (AvgIpc) is 2.96. The Kier molecular flexibility index (Phi) is 4.59. The molecule has 0 aliphatic heterocycles. The molecule has 0 radical (unpaired) electrons. The largest absolute Gasteiger partial charge is 0.395 e. The van der Waals surface area contributed by atoms with Crippen LogP contribution in [0.5, 0.6) is 0 Å². The van der Waals surface area contributed by atoms with Crippen LogP contribution in [0.25, 0.3) is 21.3 Å². The molecular formula is C18H21N3OS. The summed E-state index contributed by atoms with van der Waals surface area (Å²) >= 11 is 1.63. The Morgan fingerprint density at radius 2 is 1.91 bits per heavy atom. The Labute approximate surface area is 140 Å². The lowest BCUT2D eigenvalue weighted by Gasteiger charge is -2.09. The zero-order valence-electron chi connectivity index (χ0n) is 13.6. The number of nitrogens with zero attached hydrogens (tertiary/aromatic N) is 2. The molecule has 0 aliphatic carbocycles. The summed E-state index contributed by atoms with van der Waals surface area (Å²) in [7, 11) is 0. The number of aromatic nitrogens is 2. The number of fused-ring (bicyclic) bond motifs is 1. The number of aliphatic hydroxyl groups excluding tert-OH is 1. The quantitative estimate of drug-likeness (QED) is 0.737. The van der Waals surface area contributed by atoms with E-state index < -0.39 is 0 Å². The predicted octanol–water partition coefficient (Wildman–Crippen LogP) is 4.19. The molecule has 4 nitrogen and oxygen atoms in total. The molecule has 0 unspecified atom stereocenters. The van der Waals surface area contributed by atoms with Crippen LogP contribution in [-0.4, -0.2) is 28.2 Å². The Hall–Kier alpha value is -1.98. The first-order valence-electron chi connectivity index (χ1n) is 7.81. The van der Waals surface area contributed by atoms with Gasteiger partial charge in [-0.2, -0.15) is 0 Å². The summed E-state index contributed by atoms with van der Waals surface area (Å²) < 4.78 is 0. The molecule has 0 saturated heterocycles. The van der Waals surface area contributed by atoms with Crippen molar-refractivity contribution in [1.82, 2.24) is 9.97 Å². The number of aliphatic hydroxyl groups is 1. The predicted molar refractivity (Wildman–Crippen MR) is 97.3 cm³/mol. The number of aryl methyl sites for hydroxylation is 1. The topological polar surface area (TPSA) is 58.0 Å². The van der Waals surface area contributed by atoms with Crippen LogP contribution in [0, 0.1) is 6.92 Å². The highest BCUT2D eigenvalue weighted by Gasteiger charge is 2.14. The van der Waals surface area contributed by atoms with Gasteiger partial charge in [0.2, 0.25) is 0 Å². The molecule has 120 valence electrons. The Balaban J connectivity index is 2.10. The second kappa shape index (κ2) is 6.64. The van der Waals surface area contributed by atoms with Crippen molar-refractivity contribution in [2.24, 2.45) is 0 Å². The molecule has 0 atom stereocenters. The van der Waals surface area contributed by atoms with E-state index in [0.717, 1.165) is 27.4 Å². The molecule has 0 fully saturated rings. The lowest BCUT2D eigenvalue weighted by molar-refractivity contribution is 0.311. The summed E-state index contributed by atoms with van der Waals surface area (Å²) in [4.78, 5) is 10.0. The smallest absolute Gasteiger partial charge is 0.139 e. The van der Waals surface area contributed by atoms with Gasteiger partial charge in [0.15, 0.2) is 0 Å². The van der Waals surface area contributed by atoms with Gasteiger partial charge < -0.3 is 10.4 Å². The first-order valence-corrected chi connectivity index (χ1v) is 8.69. The van der Waals surface area contributed by atoms with Crippen molar-refractivity contribution in [3.63, 3.8) is 0 Å². The summed E-state index contributed by atoms with van der Waals surface area (Å²) in [5, 5.41) is 15.5. The third-order valence-corrected chi connectivity index (χ3v) is 4.71. The minimum atomic E-state index is 0.0765. The van der Waals surface area contributed by atoms with Crippen molar-refractivity contribution in [3.8, 4) is 11.1 Å². The highest BCUT2D eigenvalue weighted by Crippen LogP contribution is 2.37. The first kappa shape index (κ1) is 15.9. The van der Waals surface area contributed by atoms with Crippen molar-refractivity contribution in [2.45, 2.75) is 26.7 Å². The number of benzene rings is 1. The van der Waals surface area contributed by atoms with Crippen LogP contribution in [-0.2, 0) is 0 Å². The molecule has 23 heavy (non-hydrogen) atoms. The van der Waals surface area contributed by atoms with Gasteiger partial charge in [-0.25, -0.2) is 9.97 Å². The number of rotatable bonds is 5. The minimum Gasteiger partial charge on any atom is -0.395 e. The molecule has 2 heterocycles. The van der Waals surface area contributed by atoms with E-state index in [2.05, 4.69) is 58.8 Å². The fraction of sp³-hybridized carbons (Fsp3) is 0.333. The van der Waals surface area contributed by atoms with Crippen LogP contribution >= 0.6 is 11.3 Å². The molecular weight excluding hydrogens is 306 g/mol. The average molecular weight is 327 g/mol. The van der Waals surface area contributed by atoms with Crippen LogP contribution in [0.1, 0.15) is 31.2 Å². The summed E-state index contributed by atoms with van der Waals surface area (Å²) in [6.45, 7) is 6.84. The molecule has 0 spiro atoms. The number of thiophene rings is 1. The van der Waals surface area contributed by atoms with E-state index in [1.807, 2.05) is 6.92 Å². The maximum absolute atomic E-state index is 9.09. The zero-order valence-corrected chi connectivity index (χ0v) is 14.4. The number of nitrogens with one attached hydrogen (secondary N) is 1. The van der Waals surface area contributed by atoms with Crippen LogP contribution in [0.2, 0.25) is 0 Å². The van der Waals surface area contributed by atoms with Gasteiger partial charge in [0.1, 0.15) is 16.5 Å². The fourth-order valence-electron chi connectivity index (χ4n) is 2.61. The molecule has 0 amide bonds. The SMILES string of the molecule is Cc1nc(NCCO)c2c(-c3ccc(C(C)C)cc3)csc2n1. The van der Waals surface area contributed by atoms with Gasteiger partial charge in [-0.1, -0.05) is 38.1 Å². The summed E-state index contributed by atoms with van der Waals surface area (Å²) in [6.07, 6.45) is 0. The first-order chi connectivity index (χ1) is 11.1. The molecule has 0 saturated carbocycles. The standard InChI is InChI=1S/C18H21N3OS/c1-11(2)13-4-6-14(7-5-13)15-10-23-18-16(15)17(19-8-9-22)20-12(3)21-18/h4-7,10-11,22H,8-9H2,1-3H3,(H,19,20,21). The summed E-state index contributed by atoms with van der Waals surface area (Å²) in [6, 6.07) is 8.68. The van der Waals surface area contributed by atoms with E-state index in [9.17, 15) is 0 Å². The highest BCUT2D eigenvalue weighted by atomic mass is 32.1. The highest BCUT2D eigenvalue weighted by molar-refractivity contribution is 7.17. The number of hydrogen-bond acceptors (Lipinski definition) is 5. The monoisotopic (exact) mass is 327 g/mol.